The fourth-order valence-corrected chi connectivity index (χ4v) is 4.70. The summed E-state index contributed by atoms with van der Waals surface area (Å²) in [6, 6.07) is 9.26. The molecule has 0 spiro atoms. The van der Waals surface area contributed by atoms with E-state index in [-0.39, 0.29) is 47.4 Å². The maximum absolute atomic E-state index is 14.8. The van der Waals surface area contributed by atoms with Crippen molar-refractivity contribution >= 4 is 17.7 Å². The molecular weight excluding hydrogens is 532 g/mol. The predicted molar refractivity (Wildman–Crippen MR) is 136 cm³/mol. The summed E-state index contributed by atoms with van der Waals surface area (Å²) in [4.78, 5) is 30.0. The molecule has 1 amide bonds. The highest BCUT2D eigenvalue weighted by atomic mass is 19.4. The van der Waals surface area contributed by atoms with Crippen LogP contribution < -0.4 is 10.2 Å². The average molecular weight is 559 g/mol. The van der Waals surface area contributed by atoms with Crippen molar-refractivity contribution < 1.29 is 31.9 Å². The van der Waals surface area contributed by atoms with E-state index in [0.717, 1.165) is 0 Å². The second-order valence-electron chi connectivity index (χ2n) is 8.97. The number of ether oxygens (including phenoxy) is 1. The van der Waals surface area contributed by atoms with E-state index in [1.54, 1.807) is 12.3 Å². The van der Waals surface area contributed by atoms with Crippen LogP contribution in [0, 0.1) is 23.1 Å². The van der Waals surface area contributed by atoms with Crippen molar-refractivity contribution in [2.24, 2.45) is 5.92 Å². The molecule has 2 aliphatic rings. The zero-order chi connectivity index (χ0) is 29.0. The van der Waals surface area contributed by atoms with E-state index in [0.29, 0.717) is 43.1 Å². The van der Waals surface area contributed by atoms with Crippen molar-refractivity contribution in [1.29, 1.82) is 5.26 Å². The van der Waals surface area contributed by atoms with E-state index in [1.165, 1.54) is 28.9 Å². The van der Waals surface area contributed by atoms with Crippen LogP contribution >= 0.6 is 0 Å². The summed E-state index contributed by atoms with van der Waals surface area (Å²) >= 11 is 0. The molecule has 1 N–H and O–H groups in total. The van der Waals surface area contributed by atoms with Crippen molar-refractivity contribution in [2.45, 2.75) is 39.4 Å². The number of anilines is 1. The van der Waals surface area contributed by atoms with Gasteiger partial charge in [-0.3, -0.25) is 4.79 Å². The Morgan fingerprint density at radius 3 is 2.75 bits per heavy atom. The molecule has 1 fully saturated rings. The average Bonchev–Trinajstić information content (AvgIpc) is 3.59. The summed E-state index contributed by atoms with van der Waals surface area (Å²) in [6.07, 6.45) is -2.18. The van der Waals surface area contributed by atoms with Crippen LogP contribution in [-0.4, -0.2) is 52.5 Å². The molecule has 1 unspecified atom stereocenters. The molecule has 2 aromatic heterocycles. The maximum Gasteiger partial charge on any atom is 0.490 e. The van der Waals surface area contributed by atoms with Crippen LogP contribution in [0.25, 0.3) is 16.9 Å². The van der Waals surface area contributed by atoms with Gasteiger partial charge in [-0.2, -0.15) is 23.5 Å². The second kappa shape index (κ2) is 11.7. The number of alkyl halides is 3. The standard InChI is InChI=1S/C25H20F4N6O3.C2H6/c26-16-5-1-4-15(10-30)21(16)17-9-19(22-18(32-17)11-31-23(22)36)35-8-6-20(33-35)34-7-2-3-14(12-34)13-38-24(37)25(27,28)29;1-2/h1,4-6,8-9,14H,2-3,7,11-13H2,(H,31,36);1-2H3. The Morgan fingerprint density at radius 2 is 2.02 bits per heavy atom. The van der Waals surface area contributed by atoms with Gasteiger partial charge in [-0.25, -0.2) is 18.9 Å². The van der Waals surface area contributed by atoms with Gasteiger partial charge < -0.3 is 15.0 Å². The lowest BCUT2D eigenvalue weighted by molar-refractivity contribution is -0.200. The van der Waals surface area contributed by atoms with Gasteiger partial charge in [0.1, 0.15) is 5.82 Å². The van der Waals surface area contributed by atoms with Crippen molar-refractivity contribution in [2.75, 3.05) is 24.6 Å². The molecule has 1 saturated heterocycles. The molecule has 210 valence electrons. The molecule has 0 bridgehead atoms. The molecule has 13 heteroatoms. The van der Waals surface area contributed by atoms with Gasteiger partial charge in [0.05, 0.1) is 53.0 Å². The normalized spacial score (nSPS) is 16.4. The van der Waals surface area contributed by atoms with Crippen LogP contribution in [0.5, 0.6) is 0 Å². The number of halogens is 4. The lowest BCUT2D eigenvalue weighted by Crippen LogP contribution is -2.38. The molecule has 0 aliphatic carbocycles. The first-order valence-electron chi connectivity index (χ1n) is 12.7. The molecule has 4 heterocycles. The van der Waals surface area contributed by atoms with Crippen LogP contribution in [0.15, 0.2) is 36.5 Å². The van der Waals surface area contributed by atoms with Gasteiger partial charge in [0.25, 0.3) is 5.91 Å². The minimum atomic E-state index is -5.04. The first-order chi connectivity index (χ1) is 19.2. The number of hydrogen-bond donors (Lipinski definition) is 1. The molecule has 1 aromatic carbocycles. The smallest absolute Gasteiger partial charge is 0.459 e. The molecule has 5 rings (SSSR count). The van der Waals surface area contributed by atoms with Crippen LogP contribution in [-0.2, 0) is 16.1 Å². The highest BCUT2D eigenvalue weighted by Gasteiger charge is 2.41. The van der Waals surface area contributed by atoms with Crippen LogP contribution in [0.2, 0.25) is 0 Å². The quantitative estimate of drug-likeness (QED) is 0.362. The van der Waals surface area contributed by atoms with Crippen LogP contribution in [0.3, 0.4) is 0 Å². The Bertz CT molecular complexity index is 1460. The number of aromatic nitrogens is 3. The number of benzene rings is 1. The highest BCUT2D eigenvalue weighted by Crippen LogP contribution is 2.32. The summed E-state index contributed by atoms with van der Waals surface area (Å²) in [5.74, 6) is -3.02. The monoisotopic (exact) mass is 558 g/mol. The molecule has 9 nitrogen and oxygen atoms in total. The number of esters is 1. The maximum atomic E-state index is 14.8. The third kappa shape index (κ3) is 5.75. The number of carbonyl (C=O) groups excluding carboxylic acids is 2. The van der Waals surface area contributed by atoms with E-state index < -0.39 is 18.0 Å². The van der Waals surface area contributed by atoms with Gasteiger partial charge in [-0.1, -0.05) is 19.9 Å². The minimum absolute atomic E-state index is 0.0121. The zero-order valence-corrected chi connectivity index (χ0v) is 21.8. The number of fused-ring (bicyclic) bond motifs is 1. The van der Waals surface area contributed by atoms with Crippen molar-refractivity contribution in [1.82, 2.24) is 20.1 Å². The van der Waals surface area contributed by atoms with E-state index in [4.69, 9.17) is 0 Å². The van der Waals surface area contributed by atoms with Crippen molar-refractivity contribution in [3.8, 4) is 23.0 Å². The van der Waals surface area contributed by atoms with E-state index in [2.05, 4.69) is 20.1 Å². The predicted octanol–water partition coefficient (Wildman–Crippen LogP) is 4.54. The first-order valence-corrected chi connectivity index (χ1v) is 12.7. The molecular formula is C27H26F4N6O3. The molecule has 0 saturated carbocycles. The number of nitriles is 1. The Labute approximate surface area is 227 Å². The van der Waals surface area contributed by atoms with Gasteiger partial charge >= 0.3 is 12.1 Å². The number of rotatable bonds is 5. The molecule has 1 atom stereocenters. The minimum Gasteiger partial charge on any atom is -0.459 e. The highest BCUT2D eigenvalue weighted by molar-refractivity contribution is 6.01. The molecule has 40 heavy (non-hydrogen) atoms. The molecule has 2 aliphatic heterocycles. The Balaban J connectivity index is 0.00000181. The van der Waals surface area contributed by atoms with E-state index in [9.17, 15) is 32.4 Å². The van der Waals surface area contributed by atoms with Gasteiger partial charge in [-0.15, -0.1) is 0 Å². The van der Waals surface area contributed by atoms with E-state index in [1.807, 2.05) is 24.8 Å². The van der Waals surface area contributed by atoms with Gasteiger partial charge in [0.15, 0.2) is 5.82 Å². The molecule has 0 radical (unpaired) electrons. The number of carbonyl (C=O) groups is 2. The fourth-order valence-electron chi connectivity index (χ4n) is 4.70. The number of piperidine rings is 1. The van der Waals surface area contributed by atoms with Crippen molar-refractivity contribution in [3.63, 3.8) is 0 Å². The SMILES string of the molecule is CC.N#Cc1cccc(F)c1-c1cc(-n2ccc(N3CCCC(COC(=O)C(F)(F)F)C3)n2)c2c(n1)CNC2=O. The van der Waals surface area contributed by atoms with Crippen molar-refractivity contribution in [3.05, 3.63) is 59.2 Å². The summed E-state index contributed by atoms with van der Waals surface area (Å²) < 4.78 is 58.0. The first kappa shape index (κ1) is 28.5. The van der Waals surface area contributed by atoms with Crippen LogP contribution in [0.1, 0.15) is 48.3 Å². The van der Waals surface area contributed by atoms with Crippen LogP contribution in [0.4, 0.5) is 23.4 Å². The third-order valence-electron chi connectivity index (χ3n) is 6.45. The van der Waals surface area contributed by atoms with Gasteiger partial charge in [-0.05, 0) is 31.0 Å². The zero-order valence-electron chi connectivity index (χ0n) is 21.8. The largest absolute Gasteiger partial charge is 0.490 e. The number of amides is 1. The Hall–Kier alpha value is -4.47. The second-order valence-corrected chi connectivity index (χ2v) is 8.97. The topological polar surface area (TPSA) is 113 Å². The summed E-state index contributed by atoms with van der Waals surface area (Å²) in [5, 5.41) is 16.8. The lowest BCUT2D eigenvalue weighted by Gasteiger charge is -2.32. The lowest BCUT2D eigenvalue weighted by atomic mass is 9.99. The third-order valence-corrected chi connectivity index (χ3v) is 6.45. The Kier molecular flexibility index (Phi) is 8.37. The number of nitrogens with one attached hydrogen (secondary N) is 1. The Morgan fingerprint density at radius 1 is 1.25 bits per heavy atom. The molecule has 3 aromatic rings. The fraction of sp³-hybridized carbons (Fsp3) is 0.370. The number of hydrogen-bond acceptors (Lipinski definition) is 7. The number of pyridine rings is 1. The number of nitrogens with zero attached hydrogens (tertiary/aromatic N) is 5. The van der Waals surface area contributed by atoms with Gasteiger partial charge in [0, 0.05) is 31.3 Å². The van der Waals surface area contributed by atoms with Gasteiger partial charge in [0.2, 0.25) is 0 Å². The van der Waals surface area contributed by atoms with E-state index >= 15 is 0 Å². The summed E-state index contributed by atoms with van der Waals surface area (Å²) in [5.41, 5.74) is 1.27. The summed E-state index contributed by atoms with van der Waals surface area (Å²) in [6.45, 7) is 4.68. The summed E-state index contributed by atoms with van der Waals surface area (Å²) in [7, 11) is 0.